The molecule has 7 heteroatoms. The van der Waals surface area contributed by atoms with E-state index in [9.17, 15) is 4.79 Å². The average Bonchev–Trinajstić information content (AvgIpc) is 3.01. The summed E-state index contributed by atoms with van der Waals surface area (Å²) in [5.41, 5.74) is 3.74. The molecule has 3 rings (SSSR count). The maximum atomic E-state index is 12.5. The van der Waals surface area contributed by atoms with Crippen LogP contribution >= 0.6 is 23.1 Å². The van der Waals surface area contributed by atoms with Crippen LogP contribution in [-0.2, 0) is 11.2 Å². The summed E-state index contributed by atoms with van der Waals surface area (Å²) in [5, 5.41) is 5.05. The Bertz CT molecular complexity index is 982. The topological polar surface area (TPSA) is 58.1 Å². The number of benzene rings is 1. The van der Waals surface area contributed by atoms with Crippen molar-refractivity contribution in [2.24, 2.45) is 0 Å². The molecule has 2 heterocycles. The van der Waals surface area contributed by atoms with E-state index >= 15 is 0 Å². The molecule has 154 valence electrons. The van der Waals surface area contributed by atoms with E-state index in [1.165, 1.54) is 33.3 Å². The summed E-state index contributed by atoms with van der Waals surface area (Å²) in [7, 11) is 4.08. The Morgan fingerprint density at radius 3 is 2.59 bits per heavy atom. The van der Waals surface area contributed by atoms with Gasteiger partial charge >= 0.3 is 0 Å². The van der Waals surface area contributed by atoms with E-state index in [-0.39, 0.29) is 11.9 Å². The Hall–Kier alpha value is -1.96. The highest BCUT2D eigenvalue weighted by Crippen LogP contribution is 2.34. The molecule has 0 aliphatic rings. The highest BCUT2D eigenvalue weighted by Gasteiger charge is 2.17. The smallest absolute Gasteiger partial charge is 0.230 e. The molecule has 3 aromatic rings. The first-order valence-electron chi connectivity index (χ1n) is 9.76. The number of aryl methyl sites for hydroxylation is 3. The van der Waals surface area contributed by atoms with Crippen molar-refractivity contribution in [3.05, 3.63) is 52.2 Å². The molecule has 1 unspecified atom stereocenters. The molecule has 1 aromatic carbocycles. The molecule has 0 saturated carbocycles. The lowest BCUT2D eigenvalue weighted by Gasteiger charge is -2.25. The summed E-state index contributed by atoms with van der Waals surface area (Å²) < 4.78 is 0. The van der Waals surface area contributed by atoms with Crippen LogP contribution in [0.1, 0.15) is 34.5 Å². The second-order valence-electron chi connectivity index (χ2n) is 7.31. The second kappa shape index (κ2) is 9.69. The van der Waals surface area contributed by atoms with Gasteiger partial charge in [-0.3, -0.25) is 4.79 Å². The van der Waals surface area contributed by atoms with Crippen molar-refractivity contribution in [2.75, 3.05) is 26.4 Å². The number of rotatable bonds is 8. The van der Waals surface area contributed by atoms with Crippen molar-refractivity contribution < 1.29 is 4.79 Å². The normalized spacial score (nSPS) is 12.5. The molecular weight excluding hydrogens is 400 g/mol. The van der Waals surface area contributed by atoms with E-state index in [4.69, 9.17) is 0 Å². The predicted molar refractivity (Wildman–Crippen MR) is 123 cm³/mol. The zero-order chi connectivity index (χ0) is 21.0. The van der Waals surface area contributed by atoms with Gasteiger partial charge in [0.2, 0.25) is 5.91 Å². The van der Waals surface area contributed by atoms with Gasteiger partial charge in [-0.05, 0) is 51.1 Å². The number of thiophene rings is 1. The van der Waals surface area contributed by atoms with Gasteiger partial charge in [-0.1, -0.05) is 43.0 Å². The molecule has 1 amide bonds. The number of carbonyl (C=O) groups excluding carboxylic acids is 1. The number of thioether (sulfide) groups is 1. The molecule has 1 atom stereocenters. The third kappa shape index (κ3) is 5.15. The first-order valence-corrected chi connectivity index (χ1v) is 11.6. The molecule has 0 spiro atoms. The third-order valence-electron chi connectivity index (χ3n) is 5.16. The Balaban J connectivity index is 1.61. The standard InChI is InChI=1S/C22H28N4OS2/c1-6-16-7-9-17(10-8-16)18(26(4)5)11-23-19(27)12-28-21-20-14(2)15(3)29-22(20)25-13-24-21/h7-10,13,18H,6,11-12H2,1-5H3,(H,23,27). The zero-order valence-corrected chi connectivity index (χ0v) is 19.3. The van der Waals surface area contributed by atoms with Gasteiger partial charge in [-0.2, -0.15) is 0 Å². The summed E-state index contributed by atoms with van der Waals surface area (Å²) in [4.78, 5) is 25.7. The fourth-order valence-corrected chi connectivity index (χ4v) is 5.18. The number of hydrogen-bond donors (Lipinski definition) is 1. The highest BCUT2D eigenvalue weighted by molar-refractivity contribution is 8.00. The Kier molecular flexibility index (Phi) is 7.27. The molecule has 0 radical (unpaired) electrons. The molecule has 0 aliphatic carbocycles. The Labute approximate surface area is 180 Å². The summed E-state index contributed by atoms with van der Waals surface area (Å²) in [5.74, 6) is 0.360. The van der Waals surface area contributed by atoms with Gasteiger partial charge < -0.3 is 10.2 Å². The minimum atomic E-state index is 0.0170. The lowest BCUT2D eigenvalue weighted by Crippen LogP contribution is -2.35. The summed E-state index contributed by atoms with van der Waals surface area (Å²) in [6, 6.07) is 8.78. The number of likely N-dealkylation sites (N-methyl/N-ethyl adjacent to an activating group) is 1. The quantitative estimate of drug-likeness (QED) is 0.426. The third-order valence-corrected chi connectivity index (χ3v) is 7.26. The summed E-state index contributed by atoms with van der Waals surface area (Å²) in [6.45, 7) is 6.92. The lowest BCUT2D eigenvalue weighted by molar-refractivity contribution is -0.118. The largest absolute Gasteiger partial charge is 0.353 e. The van der Waals surface area contributed by atoms with Crippen LogP contribution in [0.3, 0.4) is 0 Å². The SMILES string of the molecule is CCc1ccc(C(CNC(=O)CSc2ncnc3sc(C)c(C)c23)N(C)C)cc1. The molecule has 5 nitrogen and oxygen atoms in total. The number of hydrogen-bond acceptors (Lipinski definition) is 6. The van der Waals surface area contributed by atoms with Gasteiger partial charge in [-0.15, -0.1) is 11.3 Å². The zero-order valence-electron chi connectivity index (χ0n) is 17.7. The van der Waals surface area contributed by atoms with Gasteiger partial charge in [0.05, 0.1) is 11.8 Å². The number of amides is 1. The fraction of sp³-hybridized carbons (Fsp3) is 0.409. The molecule has 29 heavy (non-hydrogen) atoms. The fourth-order valence-electron chi connectivity index (χ4n) is 3.23. The maximum Gasteiger partial charge on any atom is 0.230 e. The number of nitrogens with one attached hydrogen (secondary N) is 1. The van der Waals surface area contributed by atoms with Gasteiger partial charge in [0.15, 0.2) is 0 Å². The van der Waals surface area contributed by atoms with Crippen LogP contribution in [0, 0.1) is 13.8 Å². The van der Waals surface area contributed by atoms with Gasteiger partial charge in [0, 0.05) is 16.8 Å². The first-order chi connectivity index (χ1) is 13.9. The van der Waals surface area contributed by atoms with Crippen LogP contribution in [-0.4, -0.2) is 47.2 Å². The van der Waals surface area contributed by atoms with Gasteiger partial charge in [0.1, 0.15) is 16.2 Å². The van der Waals surface area contributed by atoms with E-state index in [2.05, 4.69) is 65.2 Å². The van der Waals surface area contributed by atoms with Crippen LogP contribution in [0.5, 0.6) is 0 Å². The van der Waals surface area contributed by atoms with Crippen LogP contribution < -0.4 is 5.32 Å². The Morgan fingerprint density at radius 1 is 1.21 bits per heavy atom. The van der Waals surface area contributed by atoms with Crippen LogP contribution in [0.4, 0.5) is 0 Å². The molecule has 0 bridgehead atoms. The summed E-state index contributed by atoms with van der Waals surface area (Å²) in [6.07, 6.45) is 2.61. The van der Waals surface area contributed by atoms with Crippen molar-refractivity contribution in [3.63, 3.8) is 0 Å². The molecule has 1 N–H and O–H groups in total. The van der Waals surface area contributed by atoms with E-state index in [1.807, 2.05) is 14.1 Å². The number of carbonyl (C=O) groups is 1. The Morgan fingerprint density at radius 2 is 1.93 bits per heavy atom. The number of aromatic nitrogens is 2. The van der Waals surface area contributed by atoms with E-state index in [0.717, 1.165) is 21.7 Å². The van der Waals surface area contributed by atoms with Crippen LogP contribution in [0.15, 0.2) is 35.6 Å². The molecule has 0 saturated heterocycles. The monoisotopic (exact) mass is 428 g/mol. The lowest BCUT2D eigenvalue weighted by atomic mass is 10.0. The predicted octanol–water partition coefficient (Wildman–Crippen LogP) is 4.38. The number of fused-ring (bicyclic) bond motifs is 1. The van der Waals surface area contributed by atoms with Crippen molar-refractivity contribution >= 4 is 39.2 Å². The van der Waals surface area contributed by atoms with Crippen molar-refractivity contribution in [1.82, 2.24) is 20.2 Å². The highest BCUT2D eigenvalue weighted by atomic mass is 32.2. The van der Waals surface area contributed by atoms with Crippen molar-refractivity contribution in [1.29, 1.82) is 0 Å². The van der Waals surface area contributed by atoms with E-state index in [0.29, 0.717) is 12.3 Å². The molecular formula is C22H28N4OS2. The van der Waals surface area contributed by atoms with Crippen LogP contribution in [0.2, 0.25) is 0 Å². The second-order valence-corrected chi connectivity index (χ2v) is 9.48. The first kappa shape index (κ1) is 21.7. The minimum Gasteiger partial charge on any atom is -0.353 e. The minimum absolute atomic E-state index is 0.0170. The van der Waals surface area contributed by atoms with Crippen molar-refractivity contribution in [2.45, 2.75) is 38.3 Å². The summed E-state index contributed by atoms with van der Waals surface area (Å²) >= 11 is 3.15. The molecule has 2 aromatic heterocycles. The van der Waals surface area contributed by atoms with Crippen molar-refractivity contribution in [3.8, 4) is 0 Å². The molecule has 0 fully saturated rings. The van der Waals surface area contributed by atoms with Gasteiger partial charge in [-0.25, -0.2) is 9.97 Å². The van der Waals surface area contributed by atoms with E-state index < -0.39 is 0 Å². The maximum absolute atomic E-state index is 12.5. The van der Waals surface area contributed by atoms with Crippen LogP contribution in [0.25, 0.3) is 10.2 Å². The number of nitrogens with zero attached hydrogens (tertiary/aromatic N) is 3. The van der Waals surface area contributed by atoms with E-state index in [1.54, 1.807) is 17.7 Å². The molecule has 0 aliphatic heterocycles. The van der Waals surface area contributed by atoms with Gasteiger partial charge in [0.25, 0.3) is 0 Å². The average molecular weight is 429 g/mol.